The van der Waals surface area contributed by atoms with E-state index >= 15 is 8.78 Å². The Bertz CT molecular complexity index is 1130. The molecule has 1 unspecified atom stereocenters. The van der Waals surface area contributed by atoms with Crippen molar-refractivity contribution < 1.29 is 26.8 Å². The Labute approximate surface area is 198 Å². The SMILES string of the molecule is CCC(=O)[C@H](c1ccc(-c2ccccc2)cc1)C(c1c(F)c(F)cc(F)c1F)[C@@H](C)[N+](C)(C)C. The van der Waals surface area contributed by atoms with Crippen LogP contribution in [-0.2, 0) is 4.79 Å². The van der Waals surface area contributed by atoms with Crippen LogP contribution < -0.4 is 0 Å². The van der Waals surface area contributed by atoms with Crippen LogP contribution in [0.3, 0.4) is 0 Å². The molecule has 3 atom stereocenters. The molecular weight excluding hydrogens is 442 g/mol. The van der Waals surface area contributed by atoms with Crippen molar-refractivity contribution in [3.8, 4) is 11.1 Å². The minimum absolute atomic E-state index is 0.104. The molecule has 6 heteroatoms. The van der Waals surface area contributed by atoms with Gasteiger partial charge in [0.1, 0.15) is 5.78 Å². The fourth-order valence-electron chi connectivity index (χ4n) is 4.38. The van der Waals surface area contributed by atoms with Crippen LogP contribution in [0.5, 0.6) is 0 Å². The number of Topliss-reactive ketones (excluding diaryl/α,β-unsaturated/α-hetero) is 1. The van der Waals surface area contributed by atoms with Gasteiger partial charge >= 0.3 is 0 Å². The first-order valence-electron chi connectivity index (χ1n) is 11.3. The third kappa shape index (κ3) is 5.07. The molecular formula is C28H30F4NO+. The number of carbonyl (C=O) groups is 1. The molecule has 3 aromatic rings. The fraction of sp³-hybridized carbons (Fsp3) is 0.321. The number of hydrogen-bond acceptors (Lipinski definition) is 1. The van der Waals surface area contributed by atoms with E-state index in [0.29, 0.717) is 5.56 Å². The van der Waals surface area contributed by atoms with Crippen molar-refractivity contribution in [2.24, 2.45) is 0 Å². The predicted molar refractivity (Wildman–Crippen MR) is 126 cm³/mol. The van der Waals surface area contributed by atoms with E-state index in [2.05, 4.69) is 0 Å². The van der Waals surface area contributed by atoms with Crippen LogP contribution in [-0.4, -0.2) is 37.5 Å². The molecule has 180 valence electrons. The van der Waals surface area contributed by atoms with Crippen molar-refractivity contribution in [3.63, 3.8) is 0 Å². The van der Waals surface area contributed by atoms with Crippen LogP contribution >= 0.6 is 0 Å². The second-order valence-corrected chi connectivity index (χ2v) is 9.55. The molecule has 0 fully saturated rings. The average molecular weight is 473 g/mol. The summed E-state index contributed by atoms with van der Waals surface area (Å²) in [4.78, 5) is 13.3. The lowest BCUT2D eigenvalue weighted by Crippen LogP contribution is -2.49. The van der Waals surface area contributed by atoms with Gasteiger partial charge in [-0.2, -0.15) is 0 Å². The van der Waals surface area contributed by atoms with Crippen molar-refractivity contribution in [1.82, 2.24) is 0 Å². The summed E-state index contributed by atoms with van der Waals surface area (Å²) < 4.78 is 58.9. The second kappa shape index (κ2) is 10.1. The molecule has 0 aliphatic carbocycles. The first-order valence-corrected chi connectivity index (χ1v) is 11.3. The van der Waals surface area contributed by atoms with Gasteiger partial charge in [-0.3, -0.25) is 4.79 Å². The van der Waals surface area contributed by atoms with Gasteiger partial charge in [-0.05, 0) is 23.6 Å². The number of likely N-dealkylation sites (N-methyl/N-ethyl adjacent to an activating group) is 1. The minimum Gasteiger partial charge on any atom is -0.328 e. The van der Waals surface area contributed by atoms with E-state index in [0.717, 1.165) is 11.1 Å². The highest BCUT2D eigenvalue weighted by Crippen LogP contribution is 2.43. The maximum absolute atomic E-state index is 15.1. The highest BCUT2D eigenvalue weighted by molar-refractivity contribution is 5.87. The summed E-state index contributed by atoms with van der Waals surface area (Å²) in [7, 11) is 5.44. The maximum atomic E-state index is 15.1. The van der Waals surface area contributed by atoms with Gasteiger partial charge in [0, 0.05) is 18.1 Å². The Morgan fingerprint density at radius 3 is 1.79 bits per heavy atom. The smallest absolute Gasteiger partial charge is 0.165 e. The molecule has 0 saturated carbocycles. The van der Waals surface area contributed by atoms with Gasteiger partial charge < -0.3 is 4.48 Å². The normalized spacial score (nSPS) is 14.5. The van der Waals surface area contributed by atoms with Gasteiger partial charge in [0.15, 0.2) is 23.3 Å². The first kappa shape index (κ1) is 25.6. The molecule has 0 aliphatic rings. The molecule has 0 N–H and O–H groups in total. The monoisotopic (exact) mass is 472 g/mol. The number of hydrogen-bond donors (Lipinski definition) is 0. The van der Waals surface area contributed by atoms with Crippen LogP contribution in [0.15, 0.2) is 60.7 Å². The third-order valence-corrected chi connectivity index (χ3v) is 6.65. The van der Waals surface area contributed by atoms with Gasteiger partial charge in [0.25, 0.3) is 0 Å². The zero-order chi connectivity index (χ0) is 25.2. The summed E-state index contributed by atoms with van der Waals surface area (Å²) in [5.41, 5.74) is 1.71. The largest absolute Gasteiger partial charge is 0.328 e. The van der Waals surface area contributed by atoms with Gasteiger partial charge in [0.2, 0.25) is 0 Å². The molecule has 0 bridgehead atoms. The van der Waals surface area contributed by atoms with E-state index in [9.17, 15) is 13.6 Å². The Morgan fingerprint density at radius 1 is 0.824 bits per heavy atom. The lowest BCUT2D eigenvalue weighted by molar-refractivity contribution is -0.895. The van der Waals surface area contributed by atoms with E-state index in [-0.39, 0.29) is 22.8 Å². The Morgan fingerprint density at radius 2 is 1.32 bits per heavy atom. The Balaban J connectivity index is 2.23. The standard InChI is InChI=1S/C28H30F4NO/c1-6-23(34)25(20-14-12-19(13-15-20)18-10-8-7-9-11-18)24(17(2)33(3,4)5)26-27(31)21(29)16-22(30)28(26)32/h7-17,24-25H,6H2,1-5H3/q+1/t17-,24?,25+/m1/s1. The van der Waals surface area contributed by atoms with Crippen molar-refractivity contribution in [3.05, 3.63) is 95.1 Å². The Hall–Kier alpha value is -2.99. The Kier molecular flexibility index (Phi) is 7.61. The van der Waals surface area contributed by atoms with Crippen LogP contribution in [0, 0.1) is 23.3 Å². The van der Waals surface area contributed by atoms with Crippen LogP contribution in [0.2, 0.25) is 0 Å². The summed E-state index contributed by atoms with van der Waals surface area (Å²) in [5.74, 6) is -8.27. The summed E-state index contributed by atoms with van der Waals surface area (Å²) in [5, 5.41) is 0. The lowest BCUT2D eigenvalue weighted by Gasteiger charge is -2.40. The minimum atomic E-state index is -1.48. The highest BCUT2D eigenvalue weighted by Gasteiger charge is 2.43. The quantitative estimate of drug-likeness (QED) is 0.199. The van der Waals surface area contributed by atoms with E-state index in [1.165, 1.54) is 0 Å². The van der Waals surface area contributed by atoms with E-state index in [4.69, 9.17) is 0 Å². The molecule has 3 aromatic carbocycles. The predicted octanol–water partition coefficient (Wildman–Crippen LogP) is 6.85. The van der Waals surface area contributed by atoms with Crippen LogP contribution in [0.25, 0.3) is 11.1 Å². The summed E-state index contributed by atoms with van der Waals surface area (Å²) in [6.45, 7) is 3.40. The van der Waals surface area contributed by atoms with Gasteiger partial charge in [-0.15, -0.1) is 0 Å². The average Bonchev–Trinajstić information content (AvgIpc) is 2.81. The number of ketones is 1. The molecule has 0 amide bonds. The highest BCUT2D eigenvalue weighted by atomic mass is 19.2. The number of carbonyl (C=O) groups excluding carboxylic acids is 1. The lowest BCUT2D eigenvalue weighted by atomic mass is 9.73. The van der Waals surface area contributed by atoms with Gasteiger partial charge in [-0.1, -0.05) is 61.5 Å². The van der Waals surface area contributed by atoms with Crippen LogP contribution in [0.1, 0.15) is 43.2 Å². The topological polar surface area (TPSA) is 17.1 Å². The number of nitrogens with zero attached hydrogens (tertiary/aromatic N) is 1. The van der Waals surface area contributed by atoms with E-state index in [1.54, 1.807) is 26.0 Å². The zero-order valence-electron chi connectivity index (χ0n) is 20.1. The molecule has 0 aromatic heterocycles. The number of quaternary nitrogens is 1. The van der Waals surface area contributed by atoms with E-state index < -0.39 is 46.7 Å². The first-order chi connectivity index (χ1) is 16.0. The zero-order valence-corrected chi connectivity index (χ0v) is 20.1. The van der Waals surface area contributed by atoms with Crippen LogP contribution in [0.4, 0.5) is 17.6 Å². The second-order valence-electron chi connectivity index (χ2n) is 9.55. The van der Waals surface area contributed by atoms with Crippen molar-refractivity contribution >= 4 is 5.78 Å². The third-order valence-electron chi connectivity index (χ3n) is 6.65. The summed E-state index contributed by atoms with van der Waals surface area (Å²) in [6.07, 6.45) is 0.104. The van der Waals surface area contributed by atoms with Crippen molar-refractivity contribution in [1.29, 1.82) is 0 Å². The molecule has 0 heterocycles. The molecule has 34 heavy (non-hydrogen) atoms. The molecule has 3 rings (SSSR count). The maximum Gasteiger partial charge on any atom is 0.165 e. The molecule has 0 spiro atoms. The number of benzene rings is 3. The van der Waals surface area contributed by atoms with Crippen molar-refractivity contribution in [2.45, 2.75) is 38.1 Å². The number of halogens is 4. The number of rotatable bonds is 8. The van der Waals surface area contributed by atoms with Gasteiger partial charge in [0.05, 0.1) is 39.0 Å². The molecule has 2 nitrogen and oxygen atoms in total. The molecule has 0 saturated heterocycles. The fourth-order valence-corrected chi connectivity index (χ4v) is 4.38. The molecule has 0 aliphatic heterocycles. The van der Waals surface area contributed by atoms with E-state index in [1.807, 2.05) is 63.6 Å². The molecule has 0 radical (unpaired) electrons. The van der Waals surface area contributed by atoms with Gasteiger partial charge in [-0.25, -0.2) is 17.6 Å². The summed E-state index contributed by atoms with van der Waals surface area (Å²) in [6, 6.07) is 16.5. The van der Waals surface area contributed by atoms with Crippen molar-refractivity contribution in [2.75, 3.05) is 21.1 Å². The summed E-state index contributed by atoms with van der Waals surface area (Å²) >= 11 is 0.